The Morgan fingerprint density at radius 3 is 2.16 bits per heavy atom. The predicted molar refractivity (Wildman–Crippen MR) is 157 cm³/mol. The molecule has 0 bridgehead atoms. The first-order chi connectivity index (χ1) is 19.9. The molecule has 0 aliphatic carbocycles. The number of aliphatic hydroxyl groups excluding tert-OH is 4. The quantitative estimate of drug-likeness (QED) is 0.202. The first kappa shape index (κ1) is 36.9. The monoisotopic (exact) mass is 610 g/mol. The zero-order valence-corrected chi connectivity index (χ0v) is 26.7. The molecule has 2 aliphatic heterocycles. The zero-order valence-electron chi connectivity index (χ0n) is 26.7. The minimum Gasteiger partial charge on any atom is -0.463 e. The predicted octanol–water partition coefficient (Wildman–Crippen LogP) is 1.58. The van der Waals surface area contributed by atoms with Gasteiger partial charge in [0.25, 0.3) is 0 Å². The minimum absolute atomic E-state index is 0.0932. The van der Waals surface area contributed by atoms with E-state index in [4.69, 9.17) is 14.2 Å². The second kappa shape index (κ2) is 15.1. The molecule has 11 heteroatoms. The van der Waals surface area contributed by atoms with Crippen LogP contribution in [-0.2, 0) is 33.4 Å². The Morgan fingerprint density at radius 2 is 1.60 bits per heavy atom. The molecular formula is C32H50O11. The summed E-state index contributed by atoms with van der Waals surface area (Å²) in [6.07, 6.45) is -2.96. The fourth-order valence-electron chi connectivity index (χ4n) is 6.05. The lowest BCUT2D eigenvalue weighted by atomic mass is 9.79. The number of epoxide rings is 1. The van der Waals surface area contributed by atoms with Gasteiger partial charge in [-0.3, -0.25) is 14.4 Å². The zero-order chi connectivity index (χ0) is 33.0. The number of esters is 1. The molecule has 4 N–H and O–H groups in total. The SMILES string of the molecule is C/C=C\[C@H](C)[C@H]1O[C@]1(C)[C@H](O)[C@H]1COC(=O)[C@H](O)[C@@H](OC)[C@@H](C)C(=O)[C@H](C)[C@@H](O)/C(C)=C/[C@H](C)C(=O)C[C@H](O)[C@@H](C)C1=O. The number of carbonyl (C=O) groups excluding carboxylic acids is 4. The van der Waals surface area contributed by atoms with E-state index in [2.05, 4.69) is 0 Å². The summed E-state index contributed by atoms with van der Waals surface area (Å²) in [6.45, 7) is 12.3. The summed E-state index contributed by atoms with van der Waals surface area (Å²) in [5.41, 5.74) is -0.809. The van der Waals surface area contributed by atoms with Crippen molar-refractivity contribution in [2.75, 3.05) is 13.7 Å². The van der Waals surface area contributed by atoms with Gasteiger partial charge in [-0.15, -0.1) is 0 Å². The molecule has 244 valence electrons. The van der Waals surface area contributed by atoms with Crippen molar-refractivity contribution in [2.24, 2.45) is 35.5 Å². The molecule has 13 atom stereocenters. The van der Waals surface area contributed by atoms with Gasteiger partial charge in [0.05, 0.1) is 30.3 Å². The molecule has 0 saturated carbocycles. The Balaban J connectivity index is 2.50. The van der Waals surface area contributed by atoms with Crippen LogP contribution in [0.2, 0.25) is 0 Å². The first-order valence-corrected chi connectivity index (χ1v) is 14.9. The highest BCUT2D eigenvalue weighted by atomic mass is 16.6. The van der Waals surface area contributed by atoms with Crippen LogP contribution in [0.4, 0.5) is 0 Å². The summed E-state index contributed by atoms with van der Waals surface area (Å²) in [7, 11) is 1.22. The van der Waals surface area contributed by atoms with Gasteiger partial charge in [0.1, 0.15) is 35.7 Å². The van der Waals surface area contributed by atoms with Crippen molar-refractivity contribution in [1.29, 1.82) is 0 Å². The number of aliphatic hydroxyl groups is 4. The summed E-state index contributed by atoms with van der Waals surface area (Å²) in [5, 5.41) is 44.0. The van der Waals surface area contributed by atoms with Crippen LogP contribution in [0.15, 0.2) is 23.8 Å². The highest BCUT2D eigenvalue weighted by molar-refractivity contribution is 5.88. The summed E-state index contributed by atoms with van der Waals surface area (Å²) >= 11 is 0. The van der Waals surface area contributed by atoms with Crippen molar-refractivity contribution in [3.05, 3.63) is 23.8 Å². The molecule has 1 fully saturated rings. The molecule has 0 spiro atoms. The number of cyclic esters (lactones) is 1. The normalized spacial score (nSPS) is 42.0. The molecule has 0 aromatic heterocycles. The van der Waals surface area contributed by atoms with Gasteiger partial charge in [-0.2, -0.15) is 0 Å². The van der Waals surface area contributed by atoms with Crippen LogP contribution in [0.3, 0.4) is 0 Å². The van der Waals surface area contributed by atoms with E-state index in [9.17, 15) is 39.6 Å². The van der Waals surface area contributed by atoms with Crippen molar-refractivity contribution in [2.45, 2.75) is 104 Å². The van der Waals surface area contributed by atoms with E-state index in [1.165, 1.54) is 34.0 Å². The second-order valence-electron chi connectivity index (χ2n) is 12.5. The number of carbonyl (C=O) groups is 4. The van der Waals surface area contributed by atoms with E-state index in [0.29, 0.717) is 5.57 Å². The van der Waals surface area contributed by atoms with Crippen LogP contribution in [0.1, 0.15) is 61.8 Å². The molecule has 43 heavy (non-hydrogen) atoms. The second-order valence-corrected chi connectivity index (χ2v) is 12.5. The number of rotatable bonds is 5. The van der Waals surface area contributed by atoms with Crippen LogP contribution in [0.5, 0.6) is 0 Å². The average Bonchev–Trinajstić information content (AvgIpc) is 3.67. The highest BCUT2D eigenvalue weighted by Crippen LogP contribution is 2.47. The topological polar surface area (TPSA) is 180 Å². The smallest absolute Gasteiger partial charge is 0.337 e. The van der Waals surface area contributed by atoms with Gasteiger partial charge in [-0.25, -0.2) is 4.79 Å². The minimum atomic E-state index is -1.92. The third-order valence-corrected chi connectivity index (χ3v) is 9.21. The fourth-order valence-corrected chi connectivity index (χ4v) is 6.05. The number of ether oxygens (including phenoxy) is 3. The summed E-state index contributed by atoms with van der Waals surface area (Å²) in [6, 6.07) is 0. The van der Waals surface area contributed by atoms with E-state index in [0.717, 1.165) is 0 Å². The van der Waals surface area contributed by atoms with Gasteiger partial charge in [-0.1, -0.05) is 52.8 Å². The average molecular weight is 611 g/mol. The van der Waals surface area contributed by atoms with Crippen molar-refractivity contribution >= 4 is 23.3 Å². The Kier molecular flexibility index (Phi) is 13.0. The molecule has 11 nitrogen and oxygen atoms in total. The van der Waals surface area contributed by atoms with Crippen LogP contribution >= 0.6 is 0 Å². The molecule has 0 radical (unpaired) electrons. The van der Waals surface area contributed by atoms with Crippen LogP contribution in [0.25, 0.3) is 0 Å². The van der Waals surface area contributed by atoms with Crippen molar-refractivity contribution in [3.63, 3.8) is 0 Å². The van der Waals surface area contributed by atoms with Gasteiger partial charge in [0.2, 0.25) is 0 Å². The molecule has 0 unspecified atom stereocenters. The third kappa shape index (κ3) is 8.26. The van der Waals surface area contributed by atoms with Crippen molar-refractivity contribution in [3.8, 4) is 0 Å². The Hall–Kier alpha value is -2.28. The maximum atomic E-state index is 13.7. The number of methoxy groups -OCH3 is 1. The largest absolute Gasteiger partial charge is 0.463 e. The maximum Gasteiger partial charge on any atom is 0.337 e. The van der Waals surface area contributed by atoms with Crippen LogP contribution in [0, 0.1) is 35.5 Å². The molecule has 2 aliphatic rings. The van der Waals surface area contributed by atoms with Gasteiger partial charge in [-0.05, 0) is 26.3 Å². The molecule has 2 rings (SSSR count). The van der Waals surface area contributed by atoms with Crippen molar-refractivity contribution < 1.29 is 53.8 Å². The lowest BCUT2D eigenvalue weighted by Gasteiger charge is -2.31. The lowest BCUT2D eigenvalue weighted by Crippen LogP contribution is -2.49. The van der Waals surface area contributed by atoms with Crippen LogP contribution < -0.4 is 0 Å². The van der Waals surface area contributed by atoms with Gasteiger partial charge < -0.3 is 34.6 Å². The summed E-state index contributed by atoms with van der Waals surface area (Å²) in [5.74, 6) is -8.06. The third-order valence-electron chi connectivity index (χ3n) is 9.21. The summed E-state index contributed by atoms with van der Waals surface area (Å²) in [4.78, 5) is 53.0. The fraction of sp³-hybridized carbons (Fsp3) is 0.750. The molecule has 0 aromatic rings. The molecule has 0 aromatic carbocycles. The standard InChI is InChI=1S/C32H50O11/c1-10-11-15(2)30-32(8,43-30)29(39)21-14-42-31(40)27(38)28(41-9)20(7)25(36)19(6)24(35)17(4)12-16(3)22(33)13-23(34)18(5)26(21)37/h10-12,15-16,18-21,23-24,27-30,34-35,38-39H,13-14H2,1-9H3/b11-10-,17-12+/t15-,16-,18+,19+,20-,21-,23-,24-,27+,28-,29+,30+,32+/m0/s1. The van der Waals surface area contributed by atoms with Gasteiger partial charge >= 0.3 is 5.97 Å². The van der Waals surface area contributed by atoms with Gasteiger partial charge in [0, 0.05) is 43.1 Å². The lowest BCUT2D eigenvalue weighted by molar-refractivity contribution is -0.169. The number of hydrogen-bond donors (Lipinski definition) is 4. The Bertz CT molecular complexity index is 1080. The number of allylic oxidation sites excluding steroid dienone is 2. The molecule has 2 heterocycles. The van der Waals surface area contributed by atoms with Crippen LogP contribution in [-0.4, -0.2) is 99.7 Å². The number of hydrogen-bond acceptors (Lipinski definition) is 11. The van der Waals surface area contributed by atoms with E-state index in [1.807, 2.05) is 26.0 Å². The highest BCUT2D eigenvalue weighted by Gasteiger charge is 2.62. The van der Waals surface area contributed by atoms with E-state index in [1.54, 1.807) is 20.8 Å². The Morgan fingerprint density at radius 1 is 1.00 bits per heavy atom. The Labute approximate surface area is 254 Å². The van der Waals surface area contributed by atoms with Gasteiger partial charge in [0.15, 0.2) is 6.10 Å². The molecular weight excluding hydrogens is 560 g/mol. The first-order valence-electron chi connectivity index (χ1n) is 14.9. The maximum absolute atomic E-state index is 13.7. The molecule has 1 saturated heterocycles. The van der Waals surface area contributed by atoms with Crippen molar-refractivity contribution in [1.82, 2.24) is 0 Å². The van der Waals surface area contributed by atoms with E-state index in [-0.39, 0.29) is 12.3 Å². The molecule has 0 amide bonds. The number of Topliss-reactive ketones (excluding diaryl/α,β-unsaturated/α-hetero) is 3. The van der Waals surface area contributed by atoms with E-state index >= 15 is 0 Å². The summed E-state index contributed by atoms with van der Waals surface area (Å²) < 4.78 is 16.5. The number of ketones is 3. The van der Waals surface area contributed by atoms with E-state index < -0.39 is 102 Å².